The van der Waals surface area contributed by atoms with Crippen LogP contribution in [-0.4, -0.2) is 11.1 Å². The second kappa shape index (κ2) is 4.57. The molecule has 0 fully saturated rings. The Bertz CT molecular complexity index is 352. The number of halogens is 1. The lowest BCUT2D eigenvalue weighted by Crippen LogP contribution is -2.16. The lowest BCUT2D eigenvalue weighted by molar-refractivity contribution is -0.137. The van der Waals surface area contributed by atoms with Crippen molar-refractivity contribution in [2.45, 2.75) is 19.4 Å². The van der Waals surface area contributed by atoms with E-state index in [-0.39, 0.29) is 6.42 Å². The fraction of sp³-hybridized carbons (Fsp3) is 0.300. The standard InChI is InChI=1S/C10H12BrNO2/c1-6-2-3-7(11)4-8(6)9(12)5-10(13)14/h2-4,9H,5,12H2,1H3,(H,13,14)/t9-/m1/s1. The minimum absolute atomic E-state index is 0.0444. The Morgan fingerprint density at radius 1 is 1.64 bits per heavy atom. The molecule has 4 heteroatoms. The Hall–Kier alpha value is -0.870. The molecule has 1 rings (SSSR count). The second-order valence-electron chi connectivity index (χ2n) is 3.21. The largest absolute Gasteiger partial charge is 0.481 e. The van der Waals surface area contributed by atoms with Crippen LogP contribution in [0.15, 0.2) is 22.7 Å². The van der Waals surface area contributed by atoms with Crippen molar-refractivity contribution in [3.63, 3.8) is 0 Å². The zero-order valence-corrected chi connectivity index (χ0v) is 9.41. The van der Waals surface area contributed by atoms with E-state index in [0.29, 0.717) is 0 Å². The number of hydrogen-bond donors (Lipinski definition) is 2. The van der Waals surface area contributed by atoms with Crippen molar-refractivity contribution in [1.82, 2.24) is 0 Å². The molecular formula is C10H12BrNO2. The van der Waals surface area contributed by atoms with Crippen molar-refractivity contribution in [3.05, 3.63) is 33.8 Å². The van der Waals surface area contributed by atoms with Crippen LogP contribution in [0.2, 0.25) is 0 Å². The number of rotatable bonds is 3. The molecule has 0 unspecified atom stereocenters. The summed E-state index contributed by atoms with van der Waals surface area (Å²) in [5, 5.41) is 8.61. The molecule has 0 spiro atoms. The van der Waals surface area contributed by atoms with Gasteiger partial charge < -0.3 is 10.8 Å². The van der Waals surface area contributed by atoms with Gasteiger partial charge in [0.25, 0.3) is 0 Å². The third-order valence-corrected chi connectivity index (χ3v) is 2.53. The zero-order valence-electron chi connectivity index (χ0n) is 7.83. The molecule has 14 heavy (non-hydrogen) atoms. The predicted octanol–water partition coefficient (Wildman–Crippen LogP) is 2.23. The first-order chi connectivity index (χ1) is 6.50. The summed E-state index contributed by atoms with van der Waals surface area (Å²) in [4.78, 5) is 10.5. The number of aliphatic carboxylic acids is 1. The first-order valence-electron chi connectivity index (χ1n) is 4.24. The Morgan fingerprint density at radius 3 is 2.86 bits per heavy atom. The monoisotopic (exact) mass is 257 g/mol. The van der Waals surface area contributed by atoms with Gasteiger partial charge in [0.05, 0.1) is 6.42 Å². The summed E-state index contributed by atoms with van der Waals surface area (Å²) in [6.07, 6.45) is -0.0444. The maximum absolute atomic E-state index is 10.5. The number of nitrogens with two attached hydrogens (primary N) is 1. The van der Waals surface area contributed by atoms with E-state index >= 15 is 0 Å². The molecule has 0 amide bonds. The quantitative estimate of drug-likeness (QED) is 0.873. The highest BCUT2D eigenvalue weighted by Crippen LogP contribution is 2.22. The highest BCUT2D eigenvalue weighted by atomic mass is 79.9. The number of hydrogen-bond acceptors (Lipinski definition) is 2. The van der Waals surface area contributed by atoms with Gasteiger partial charge >= 0.3 is 5.97 Å². The summed E-state index contributed by atoms with van der Waals surface area (Å²) in [7, 11) is 0. The minimum Gasteiger partial charge on any atom is -0.481 e. The van der Waals surface area contributed by atoms with Crippen LogP contribution in [0.25, 0.3) is 0 Å². The number of aryl methyl sites for hydroxylation is 1. The van der Waals surface area contributed by atoms with Gasteiger partial charge in [-0.05, 0) is 30.2 Å². The summed E-state index contributed by atoms with van der Waals surface area (Å²) in [5.41, 5.74) is 7.66. The maximum Gasteiger partial charge on any atom is 0.305 e. The summed E-state index contributed by atoms with van der Waals surface area (Å²) < 4.78 is 0.916. The molecule has 76 valence electrons. The lowest BCUT2D eigenvalue weighted by Gasteiger charge is -2.12. The molecule has 0 saturated carbocycles. The van der Waals surface area contributed by atoms with Crippen molar-refractivity contribution in [3.8, 4) is 0 Å². The Balaban J connectivity index is 2.93. The van der Waals surface area contributed by atoms with Crippen LogP contribution < -0.4 is 5.73 Å². The highest BCUT2D eigenvalue weighted by molar-refractivity contribution is 9.10. The summed E-state index contributed by atoms with van der Waals surface area (Å²) >= 11 is 3.33. The van der Waals surface area contributed by atoms with Gasteiger partial charge in [0, 0.05) is 10.5 Å². The summed E-state index contributed by atoms with van der Waals surface area (Å²) in [5.74, 6) is -0.878. The van der Waals surface area contributed by atoms with E-state index < -0.39 is 12.0 Å². The minimum atomic E-state index is -0.878. The van der Waals surface area contributed by atoms with E-state index in [0.717, 1.165) is 15.6 Å². The predicted molar refractivity (Wildman–Crippen MR) is 58.1 cm³/mol. The van der Waals surface area contributed by atoms with E-state index in [4.69, 9.17) is 10.8 Å². The van der Waals surface area contributed by atoms with Crippen molar-refractivity contribution in [1.29, 1.82) is 0 Å². The summed E-state index contributed by atoms with van der Waals surface area (Å²) in [6.45, 7) is 1.92. The number of benzene rings is 1. The molecule has 0 aliphatic carbocycles. The van der Waals surface area contributed by atoms with Crippen LogP contribution in [0.4, 0.5) is 0 Å². The van der Waals surface area contributed by atoms with Crippen LogP contribution in [0.3, 0.4) is 0 Å². The Kier molecular flexibility index (Phi) is 3.66. The molecule has 0 bridgehead atoms. The highest BCUT2D eigenvalue weighted by Gasteiger charge is 2.12. The molecule has 0 radical (unpaired) electrons. The van der Waals surface area contributed by atoms with E-state index in [2.05, 4.69) is 15.9 Å². The van der Waals surface area contributed by atoms with Crippen LogP contribution in [0.1, 0.15) is 23.6 Å². The SMILES string of the molecule is Cc1ccc(Br)cc1[C@H](N)CC(=O)O. The molecule has 0 saturated heterocycles. The van der Waals surface area contributed by atoms with E-state index in [1.165, 1.54) is 0 Å². The Morgan fingerprint density at radius 2 is 2.29 bits per heavy atom. The number of carboxylic acid groups (broad SMARTS) is 1. The molecular weight excluding hydrogens is 246 g/mol. The van der Waals surface area contributed by atoms with Crippen LogP contribution in [0, 0.1) is 6.92 Å². The van der Waals surface area contributed by atoms with E-state index in [1.807, 2.05) is 25.1 Å². The molecule has 0 aromatic heterocycles. The van der Waals surface area contributed by atoms with Gasteiger partial charge in [0.15, 0.2) is 0 Å². The third kappa shape index (κ3) is 2.82. The fourth-order valence-corrected chi connectivity index (χ4v) is 1.69. The van der Waals surface area contributed by atoms with Crippen LogP contribution in [0.5, 0.6) is 0 Å². The molecule has 1 atom stereocenters. The van der Waals surface area contributed by atoms with Crippen molar-refractivity contribution < 1.29 is 9.90 Å². The van der Waals surface area contributed by atoms with Gasteiger partial charge in [-0.2, -0.15) is 0 Å². The molecule has 1 aromatic carbocycles. The average Bonchev–Trinajstić information content (AvgIpc) is 2.08. The van der Waals surface area contributed by atoms with Gasteiger partial charge in [0.2, 0.25) is 0 Å². The van der Waals surface area contributed by atoms with Crippen molar-refractivity contribution in [2.75, 3.05) is 0 Å². The zero-order chi connectivity index (χ0) is 10.7. The van der Waals surface area contributed by atoms with Gasteiger partial charge in [-0.1, -0.05) is 22.0 Å². The fourth-order valence-electron chi connectivity index (χ4n) is 1.31. The van der Waals surface area contributed by atoms with Crippen LogP contribution >= 0.6 is 15.9 Å². The molecule has 0 heterocycles. The third-order valence-electron chi connectivity index (χ3n) is 2.04. The van der Waals surface area contributed by atoms with E-state index in [9.17, 15) is 4.79 Å². The van der Waals surface area contributed by atoms with Gasteiger partial charge in [-0.25, -0.2) is 0 Å². The molecule has 1 aromatic rings. The Labute approximate surface area is 91.1 Å². The molecule has 0 aliphatic heterocycles. The van der Waals surface area contributed by atoms with E-state index in [1.54, 1.807) is 0 Å². The lowest BCUT2D eigenvalue weighted by atomic mass is 10.00. The molecule has 3 N–H and O–H groups in total. The molecule has 3 nitrogen and oxygen atoms in total. The van der Waals surface area contributed by atoms with Gasteiger partial charge in [0.1, 0.15) is 0 Å². The van der Waals surface area contributed by atoms with Gasteiger partial charge in [-0.3, -0.25) is 4.79 Å². The maximum atomic E-state index is 10.5. The normalized spacial score (nSPS) is 12.5. The number of carbonyl (C=O) groups is 1. The van der Waals surface area contributed by atoms with Crippen molar-refractivity contribution in [2.24, 2.45) is 5.73 Å². The van der Waals surface area contributed by atoms with Gasteiger partial charge in [-0.15, -0.1) is 0 Å². The second-order valence-corrected chi connectivity index (χ2v) is 4.12. The van der Waals surface area contributed by atoms with Crippen LogP contribution in [-0.2, 0) is 4.79 Å². The summed E-state index contributed by atoms with van der Waals surface area (Å²) in [6, 6.07) is 5.25. The molecule has 0 aliphatic rings. The first-order valence-corrected chi connectivity index (χ1v) is 5.03. The topological polar surface area (TPSA) is 63.3 Å². The van der Waals surface area contributed by atoms with Crippen molar-refractivity contribution >= 4 is 21.9 Å². The number of carboxylic acids is 1. The average molecular weight is 258 g/mol. The first kappa shape index (κ1) is 11.2. The smallest absolute Gasteiger partial charge is 0.305 e.